The van der Waals surface area contributed by atoms with Gasteiger partial charge in [0, 0.05) is 0 Å². The maximum Gasteiger partial charge on any atom is 0.311 e. The van der Waals surface area contributed by atoms with Crippen molar-refractivity contribution in [3.8, 4) is 0 Å². The molecule has 4 nitrogen and oxygen atoms in total. The van der Waals surface area contributed by atoms with E-state index in [0.29, 0.717) is 11.8 Å². The molecule has 23 heavy (non-hydrogen) atoms. The standard InChI is InChI=1S/C19H34O4/c1-14-16(17(20)21)15(23-18(14)22)12-10-8-6-5-7-9-11-13-19(2,3)4/h14-16H,5-13H2,1-4H3,(H,20,21). The van der Waals surface area contributed by atoms with Gasteiger partial charge in [-0.2, -0.15) is 0 Å². The Morgan fingerprint density at radius 3 is 2.09 bits per heavy atom. The average Bonchev–Trinajstić information content (AvgIpc) is 2.71. The summed E-state index contributed by atoms with van der Waals surface area (Å²) >= 11 is 0. The summed E-state index contributed by atoms with van der Waals surface area (Å²) < 4.78 is 5.22. The third-order valence-corrected chi connectivity index (χ3v) is 4.78. The van der Waals surface area contributed by atoms with Crippen LogP contribution in [0.25, 0.3) is 0 Å². The Kier molecular flexibility index (Phi) is 8.07. The van der Waals surface area contributed by atoms with E-state index >= 15 is 0 Å². The molecule has 1 aliphatic rings. The molecule has 0 spiro atoms. The Balaban J connectivity index is 2.07. The van der Waals surface area contributed by atoms with Crippen molar-refractivity contribution < 1.29 is 19.4 Å². The Hall–Kier alpha value is -1.06. The second-order valence-electron chi connectivity index (χ2n) is 8.20. The number of aliphatic carboxylic acids is 1. The van der Waals surface area contributed by atoms with Crippen LogP contribution in [0.3, 0.4) is 0 Å². The van der Waals surface area contributed by atoms with Crippen LogP contribution in [0.4, 0.5) is 0 Å². The van der Waals surface area contributed by atoms with E-state index in [9.17, 15) is 14.7 Å². The highest BCUT2D eigenvalue weighted by Crippen LogP contribution is 2.31. The summed E-state index contributed by atoms with van der Waals surface area (Å²) in [5.41, 5.74) is 0.441. The zero-order valence-corrected chi connectivity index (χ0v) is 15.3. The van der Waals surface area contributed by atoms with Crippen LogP contribution >= 0.6 is 0 Å². The van der Waals surface area contributed by atoms with Crippen LogP contribution in [0, 0.1) is 17.3 Å². The molecule has 1 heterocycles. The summed E-state index contributed by atoms with van der Waals surface area (Å²) in [6.45, 7) is 8.51. The number of hydrogen-bond donors (Lipinski definition) is 1. The molecular weight excluding hydrogens is 292 g/mol. The molecule has 0 bridgehead atoms. The van der Waals surface area contributed by atoms with Gasteiger partial charge in [0.05, 0.1) is 5.92 Å². The number of rotatable bonds is 10. The number of carboxylic acids is 1. The summed E-state index contributed by atoms with van der Waals surface area (Å²) in [5.74, 6) is -2.45. The number of hydrogen-bond acceptors (Lipinski definition) is 3. The van der Waals surface area contributed by atoms with E-state index in [4.69, 9.17) is 4.74 Å². The van der Waals surface area contributed by atoms with Crippen LogP contribution in [0.15, 0.2) is 0 Å². The lowest BCUT2D eigenvalue weighted by atomic mass is 9.89. The monoisotopic (exact) mass is 326 g/mol. The molecule has 1 saturated heterocycles. The highest BCUT2D eigenvalue weighted by Gasteiger charge is 2.45. The smallest absolute Gasteiger partial charge is 0.311 e. The molecule has 1 fully saturated rings. The number of cyclic esters (lactones) is 1. The summed E-state index contributed by atoms with van der Waals surface area (Å²) in [4.78, 5) is 22.8. The van der Waals surface area contributed by atoms with Gasteiger partial charge in [0.1, 0.15) is 12.0 Å². The second-order valence-corrected chi connectivity index (χ2v) is 8.20. The van der Waals surface area contributed by atoms with Crippen molar-refractivity contribution >= 4 is 11.9 Å². The van der Waals surface area contributed by atoms with E-state index in [-0.39, 0.29) is 5.97 Å². The van der Waals surface area contributed by atoms with Crippen LogP contribution in [0.2, 0.25) is 0 Å². The van der Waals surface area contributed by atoms with E-state index in [1.54, 1.807) is 6.92 Å². The lowest BCUT2D eigenvalue weighted by Gasteiger charge is -2.17. The van der Waals surface area contributed by atoms with Crippen LogP contribution in [-0.4, -0.2) is 23.1 Å². The molecule has 0 aromatic rings. The topological polar surface area (TPSA) is 63.6 Å². The first-order valence-electron chi connectivity index (χ1n) is 9.15. The number of ether oxygens (including phenoxy) is 1. The van der Waals surface area contributed by atoms with Crippen LogP contribution in [0.1, 0.15) is 85.5 Å². The van der Waals surface area contributed by atoms with Crippen molar-refractivity contribution in [2.75, 3.05) is 0 Å². The minimum absolute atomic E-state index is 0.360. The summed E-state index contributed by atoms with van der Waals surface area (Å²) in [5, 5.41) is 9.22. The number of carboxylic acid groups (broad SMARTS) is 1. The zero-order chi connectivity index (χ0) is 17.5. The summed E-state index contributed by atoms with van der Waals surface area (Å²) in [6, 6.07) is 0. The first kappa shape index (κ1) is 20.0. The molecule has 4 heteroatoms. The molecular formula is C19H34O4. The van der Waals surface area contributed by atoms with Crippen molar-refractivity contribution in [3.05, 3.63) is 0 Å². The lowest BCUT2D eigenvalue weighted by Crippen LogP contribution is -2.27. The van der Waals surface area contributed by atoms with Crippen molar-refractivity contribution in [1.82, 2.24) is 0 Å². The van der Waals surface area contributed by atoms with Crippen LogP contribution < -0.4 is 0 Å². The predicted octanol–water partition coefficient (Wildman–Crippen LogP) is 4.81. The minimum atomic E-state index is -0.910. The molecule has 0 aromatic carbocycles. The summed E-state index contributed by atoms with van der Waals surface area (Å²) in [7, 11) is 0. The molecule has 0 amide bonds. The molecule has 1 N–H and O–H groups in total. The van der Waals surface area contributed by atoms with Gasteiger partial charge in [-0.3, -0.25) is 9.59 Å². The van der Waals surface area contributed by atoms with E-state index in [1.807, 2.05) is 0 Å². The molecule has 3 unspecified atom stereocenters. The summed E-state index contributed by atoms with van der Waals surface area (Å²) in [6.07, 6.45) is 9.88. The van der Waals surface area contributed by atoms with Gasteiger partial charge in [-0.1, -0.05) is 66.2 Å². The van der Waals surface area contributed by atoms with E-state index in [0.717, 1.165) is 12.8 Å². The van der Waals surface area contributed by atoms with Crippen molar-refractivity contribution in [2.24, 2.45) is 17.3 Å². The fourth-order valence-corrected chi connectivity index (χ4v) is 3.29. The number of carbonyl (C=O) groups excluding carboxylic acids is 1. The van der Waals surface area contributed by atoms with Gasteiger partial charge < -0.3 is 9.84 Å². The van der Waals surface area contributed by atoms with Gasteiger partial charge in [-0.25, -0.2) is 0 Å². The normalized spacial score (nSPS) is 24.7. The number of carbonyl (C=O) groups is 2. The average molecular weight is 326 g/mol. The third kappa shape index (κ3) is 7.36. The molecule has 0 radical (unpaired) electrons. The largest absolute Gasteiger partial charge is 0.481 e. The maximum absolute atomic E-state index is 11.5. The van der Waals surface area contributed by atoms with Gasteiger partial charge in [0.15, 0.2) is 0 Å². The van der Waals surface area contributed by atoms with E-state index < -0.39 is 23.9 Å². The number of unbranched alkanes of at least 4 members (excludes halogenated alkanes) is 6. The van der Waals surface area contributed by atoms with E-state index in [1.165, 1.54) is 38.5 Å². The highest BCUT2D eigenvalue weighted by molar-refractivity contribution is 5.84. The number of esters is 1. The van der Waals surface area contributed by atoms with Crippen molar-refractivity contribution in [2.45, 2.75) is 91.6 Å². The maximum atomic E-state index is 11.5. The molecule has 1 aliphatic heterocycles. The third-order valence-electron chi connectivity index (χ3n) is 4.78. The van der Waals surface area contributed by atoms with Gasteiger partial charge >= 0.3 is 11.9 Å². The van der Waals surface area contributed by atoms with Crippen LogP contribution in [-0.2, 0) is 14.3 Å². The van der Waals surface area contributed by atoms with Crippen molar-refractivity contribution in [1.29, 1.82) is 0 Å². The zero-order valence-electron chi connectivity index (χ0n) is 15.3. The van der Waals surface area contributed by atoms with Gasteiger partial charge in [0.25, 0.3) is 0 Å². The van der Waals surface area contributed by atoms with Gasteiger partial charge in [-0.05, 0) is 24.7 Å². The first-order chi connectivity index (χ1) is 10.7. The first-order valence-corrected chi connectivity index (χ1v) is 9.15. The fraction of sp³-hybridized carbons (Fsp3) is 0.895. The minimum Gasteiger partial charge on any atom is -0.481 e. The highest BCUT2D eigenvalue weighted by atomic mass is 16.6. The molecule has 0 aliphatic carbocycles. The Morgan fingerprint density at radius 1 is 1.04 bits per heavy atom. The van der Waals surface area contributed by atoms with Crippen LogP contribution in [0.5, 0.6) is 0 Å². The van der Waals surface area contributed by atoms with Gasteiger partial charge in [-0.15, -0.1) is 0 Å². The Morgan fingerprint density at radius 2 is 1.57 bits per heavy atom. The quantitative estimate of drug-likeness (QED) is 0.462. The molecule has 1 rings (SSSR count). The van der Waals surface area contributed by atoms with Crippen molar-refractivity contribution in [3.63, 3.8) is 0 Å². The van der Waals surface area contributed by atoms with Gasteiger partial charge in [0.2, 0.25) is 0 Å². The SMILES string of the molecule is CC1C(=O)OC(CCCCCCCCCC(C)(C)C)C1C(=O)O. The predicted molar refractivity (Wildman–Crippen MR) is 91.2 cm³/mol. The molecule has 3 atom stereocenters. The molecule has 0 aromatic heterocycles. The fourth-order valence-electron chi connectivity index (χ4n) is 3.29. The lowest BCUT2D eigenvalue weighted by molar-refractivity contribution is -0.144. The second kappa shape index (κ2) is 9.29. The Labute approximate surface area is 141 Å². The Bertz CT molecular complexity index is 383. The molecule has 0 saturated carbocycles. The van der Waals surface area contributed by atoms with E-state index in [2.05, 4.69) is 20.8 Å². The molecule has 134 valence electrons.